The van der Waals surface area contributed by atoms with Gasteiger partial charge < -0.3 is 14.6 Å². The smallest absolute Gasteiger partial charge is 0.268 e. The number of hydrogen-bond donors (Lipinski definition) is 1. The molecule has 1 saturated heterocycles. The highest BCUT2D eigenvalue weighted by Gasteiger charge is 2.21. The van der Waals surface area contributed by atoms with Gasteiger partial charge in [-0.05, 0) is 47.3 Å². The predicted octanol–water partition coefficient (Wildman–Crippen LogP) is 4.73. The third kappa shape index (κ3) is 3.59. The van der Waals surface area contributed by atoms with Crippen molar-refractivity contribution in [3.05, 3.63) is 57.0 Å². The van der Waals surface area contributed by atoms with Crippen molar-refractivity contribution in [1.82, 2.24) is 9.88 Å². The summed E-state index contributed by atoms with van der Waals surface area (Å²) in [6.07, 6.45) is 2.24. The Bertz CT molecular complexity index is 941. The lowest BCUT2D eigenvalue weighted by molar-refractivity contribution is 0.0851. The van der Waals surface area contributed by atoms with Gasteiger partial charge >= 0.3 is 0 Å². The van der Waals surface area contributed by atoms with E-state index in [-0.39, 0.29) is 12.0 Å². The average molecular weight is 433 g/mol. The van der Waals surface area contributed by atoms with Crippen molar-refractivity contribution >= 4 is 43.4 Å². The molecular formula is C20H21BrN2O2S. The van der Waals surface area contributed by atoms with Crippen molar-refractivity contribution in [1.29, 1.82) is 0 Å². The Morgan fingerprint density at radius 3 is 3.08 bits per heavy atom. The van der Waals surface area contributed by atoms with Crippen LogP contribution >= 0.6 is 27.3 Å². The Hall–Kier alpha value is -1.63. The van der Waals surface area contributed by atoms with Crippen LogP contribution in [0.4, 0.5) is 0 Å². The fraction of sp³-hybridized carbons (Fsp3) is 0.350. The summed E-state index contributed by atoms with van der Waals surface area (Å²) in [4.78, 5) is 12.9. The molecule has 1 aliphatic heterocycles. The van der Waals surface area contributed by atoms with Crippen LogP contribution in [-0.2, 0) is 11.3 Å². The number of carbonyl (C=O) groups is 1. The number of halogens is 1. The predicted molar refractivity (Wildman–Crippen MR) is 109 cm³/mol. The first-order valence-electron chi connectivity index (χ1n) is 8.83. The molecular weight excluding hydrogens is 412 g/mol. The zero-order valence-electron chi connectivity index (χ0n) is 14.6. The molecule has 6 heteroatoms. The maximum atomic E-state index is 12.9. The lowest BCUT2D eigenvalue weighted by Gasteiger charge is -2.14. The van der Waals surface area contributed by atoms with Gasteiger partial charge in [0.05, 0.1) is 20.8 Å². The van der Waals surface area contributed by atoms with Gasteiger partial charge in [-0.3, -0.25) is 4.79 Å². The molecule has 0 spiro atoms. The molecule has 1 N–H and O–H groups in total. The van der Waals surface area contributed by atoms with E-state index in [1.165, 1.54) is 11.1 Å². The molecule has 1 aliphatic rings. The average Bonchev–Trinajstić information content (AvgIpc) is 3.33. The van der Waals surface area contributed by atoms with Gasteiger partial charge in [-0.25, -0.2) is 0 Å². The highest BCUT2D eigenvalue weighted by molar-refractivity contribution is 9.10. The van der Waals surface area contributed by atoms with Crippen LogP contribution in [0.15, 0.2) is 40.2 Å². The molecule has 1 fully saturated rings. The first-order valence-corrected chi connectivity index (χ1v) is 10.5. The molecule has 0 bridgehead atoms. The topological polar surface area (TPSA) is 43.3 Å². The molecule has 136 valence electrons. The summed E-state index contributed by atoms with van der Waals surface area (Å²) in [6.45, 7) is 4.13. The van der Waals surface area contributed by atoms with Gasteiger partial charge in [0.1, 0.15) is 5.69 Å². The SMILES string of the molecule is Cc1cccc(Cn2c(C(=O)NC[C@@H]3CCCO3)cc3scc(Br)c32)c1. The highest BCUT2D eigenvalue weighted by atomic mass is 79.9. The first-order chi connectivity index (χ1) is 12.6. The number of aromatic nitrogens is 1. The lowest BCUT2D eigenvalue weighted by atomic mass is 10.1. The van der Waals surface area contributed by atoms with E-state index in [2.05, 4.69) is 62.4 Å². The summed E-state index contributed by atoms with van der Waals surface area (Å²) in [5, 5.41) is 5.13. The molecule has 1 aromatic carbocycles. The molecule has 0 radical (unpaired) electrons. The molecule has 1 amide bonds. The van der Waals surface area contributed by atoms with E-state index < -0.39 is 0 Å². The van der Waals surface area contributed by atoms with E-state index in [4.69, 9.17) is 4.74 Å². The number of nitrogens with one attached hydrogen (secondary N) is 1. The molecule has 4 rings (SSSR count). The van der Waals surface area contributed by atoms with Crippen molar-refractivity contribution in [3.63, 3.8) is 0 Å². The Balaban J connectivity index is 1.64. The van der Waals surface area contributed by atoms with Crippen LogP contribution in [0.5, 0.6) is 0 Å². The second-order valence-corrected chi connectivity index (χ2v) is 8.51. The normalized spacial score (nSPS) is 17.1. The highest BCUT2D eigenvalue weighted by Crippen LogP contribution is 2.34. The van der Waals surface area contributed by atoms with Crippen LogP contribution in [0.2, 0.25) is 0 Å². The largest absolute Gasteiger partial charge is 0.376 e. The number of amides is 1. The van der Waals surface area contributed by atoms with E-state index in [0.29, 0.717) is 18.8 Å². The van der Waals surface area contributed by atoms with Crippen LogP contribution in [0, 0.1) is 6.92 Å². The number of ether oxygens (including phenoxy) is 1. The van der Waals surface area contributed by atoms with Crippen molar-refractivity contribution in [2.45, 2.75) is 32.4 Å². The summed E-state index contributed by atoms with van der Waals surface area (Å²) in [7, 11) is 0. The molecule has 1 atom stereocenters. The Labute approximate surface area is 165 Å². The minimum atomic E-state index is -0.0385. The fourth-order valence-corrected chi connectivity index (χ4v) is 5.17. The summed E-state index contributed by atoms with van der Waals surface area (Å²) >= 11 is 5.29. The van der Waals surface area contributed by atoms with Gasteiger partial charge in [0, 0.05) is 25.1 Å². The quantitative estimate of drug-likeness (QED) is 0.632. The van der Waals surface area contributed by atoms with Gasteiger partial charge in [0.25, 0.3) is 5.91 Å². The second-order valence-electron chi connectivity index (χ2n) is 6.75. The summed E-state index contributed by atoms with van der Waals surface area (Å²) in [6, 6.07) is 10.4. The summed E-state index contributed by atoms with van der Waals surface area (Å²) in [5.41, 5.74) is 4.19. The number of rotatable bonds is 5. The zero-order valence-corrected chi connectivity index (χ0v) is 17.0. The Morgan fingerprint density at radius 2 is 2.31 bits per heavy atom. The van der Waals surface area contributed by atoms with Crippen molar-refractivity contribution < 1.29 is 9.53 Å². The first kappa shape index (κ1) is 17.8. The monoisotopic (exact) mass is 432 g/mol. The van der Waals surface area contributed by atoms with Gasteiger partial charge in [0.15, 0.2) is 0 Å². The van der Waals surface area contributed by atoms with Crippen molar-refractivity contribution in [2.75, 3.05) is 13.2 Å². The van der Waals surface area contributed by atoms with E-state index in [9.17, 15) is 4.79 Å². The number of hydrogen-bond acceptors (Lipinski definition) is 3. The number of thiophene rings is 1. The molecule has 3 aromatic rings. The molecule has 0 aliphatic carbocycles. The van der Waals surface area contributed by atoms with Gasteiger partial charge in [-0.1, -0.05) is 29.8 Å². The van der Waals surface area contributed by atoms with Crippen LogP contribution in [0.3, 0.4) is 0 Å². The minimum Gasteiger partial charge on any atom is -0.376 e. The molecule has 26 heavy (non-hydrogen) atoms. The molecule has 0 saturated carbocycles. The van der Waals surface area contributed by atoms with Crippen LogP contribution in [0.1, 0.15) is 34.5 Å². The molecule has 3 heterocycles. The second kappa shape index (κ2) is 7.55. The van der Waals surface area contributed by atoms with E-state index in [1.54, 1.807) is 11.3 Å². The third-order valence-electron chi connectivity index (χ3n) is 4.75. The van der Waals surface area contributed by atoms with Crippen LogP contribution in [0.25, 0.3) is 10.2 Å². The third-order valence-corrected chi connectivity index (χ3v) is 6.57. The van der Waals surface area contributed by atoms with Crippen molar-refractivity contribution in [2.24, 2.45) is 0 Å². The van der Waals surface area contributed by atoms with E-state index in [1.807, 2.05) is 6.07 Å². The lowest BCUT2D eigenvalue weighted by Crippen LogP contribution is -2.33. The van der Waals surface area contributed by atoms with Gasteiger partial charge in [-0.2, -0.15) is 0 Å². The number of carbonyl (C=O) groups excluding carboxylic acids is 1. The summed E-state index contributed by atoms with van der Waals surface area (Å²) < 4.78 is 9.87. The zero-order chi connectivity index (χ0) is 18.1. The van der Waals surface area contributed by atoms with Gasteiger partial charge in [-0.15, -0.1) is 11.3 Å². The van der Waals surface area contributed by atoms with E-state index >= 15 is 0 Å². The summed E-state index contributed by atoms with van der Waals surface area (Å²) in [5.74, 6) is -0.0385. The minimum absolute atomic E-state index is 0.0385. The number of benzene rings is 1. The number of aryl methyl sites for hydroxylation is 1. The fourth-order valence-electron chi connectivity index (χ4n) is 3.48. The van der Waals surface area contributed by atoms with Gasteiger partial charge in [0.2, 0.25) is 0 Å². The molecule has 2 aromatic heterocycles. The van der Waals surface area contributed by atoms with Crippen LogP contribution < -0.4 is 5.32 Å². The Kier molecular flexibility index (Phi) is 5.16. The number of fused-ring (bicyclic) bond motifs is 1. The standard InChI is InChI=1S/C20H21BrN2O2S/c1-13-4-2-5-14(8-13)11-23-17(9-18-19(23)16(21)12-26-18)20(24)22-10-15-6-3-7-25-15/h2,4-5,8-9,12,15H,3,6-7,10-11H2,1H3,(H,22,24)/t15-/m0/s1. The number of nitrogens with zero attached hydrogens (tertiary/aromatic N) is 1. The molecule has 0 unspecified atom stereocenters. The maximum Gasteiger partial charge on any atom is 0.268 e. The Morgan fingerprint density at radius 1 is 1.42 bits per heavy atom. The maximum absolute atomic E-state index is 12.9. The molecule has 4 nitrogen and oxygen atoms in total. The van der Waals surface area contributed by atoms with Crippen LogP contribution in [-0.4, -0.2) is 29.7 Å². The van der Waals surface area contributed by atoms with Crippen molar-refractivity contribution in [3.8, 4) is 0 Å². The van der Waals surface area contributed by atoms with E-state index in [0.717, 1.165) is 34.1 Å².